The van der Waals surface area contributed by atoms with Crippen LogP contribution in [0.1, 0.15) is 20.3 Å². The molecule has 0 aliphatic carbocycles. The number of hydrogen-bond donors (Lipinski definition) is 2. The van der Waals surface area contributed by atoms with Crippen LogP contribution in [-0.4, -0.2) is 48.0 Å². The van der Waals surface area contributed by atoms with E-state index in [-0.39, 0.29) is 5.69 Å². The number of rotatable bonds is 8. The summed E-state index contributed by atoms with van der Waals surface area (Å²) >= 11 is 0. The van der Waals surface area contributed by atoms with Crippen LogP contribution in [0.2, 0.25) is 0 Å². The molecule has 112 valence electrons. The van der Waals surface area contributed by atoms with Gasteiger partial charge in [0.15, 0.2) is 0 Å². The zero-order valence-corrected chi connectivity index (χ0v) is 12.5. The zero-order valence-electron chi connectivity index (χ0n) is 12.5. The van der Waals surface area contributed by atoms with E-state index in [1.54, 1.807) is 7.05 Å². The van der Waals surface area contributed by atoms with E-state index in [9.17, 15) is 10.1 Å². The predicted octanol–water partition coefficient (Wildman–Crippen LogP) is 2.17. The van der Waals surface area contributed by atoms with Gasteiger partial charge in [-0.05, 0) is 20.4 Å². The fourth-order valence-electron chi connectivity index (χ4n) is 1.73. The molecule has 2 N–H and O–H groups in total. The molecule has 0 saturated carbocycles. The van der Waals surface area contributed by atoms with Crippen molar-refractivity contribution in [3.8, 4) is 0 Å². The Bertz CT molecular complexity index is 452. The van der Waals surface area contributed by atoms with Crippen LogP contribution in [0.25, 0.3) is 0 Å². The van der Waals surface area contributed by atoms with Gasteiger partial charge in [-0.3, -0.25) is 10.1 Å². The average Bonchev–Trinajstić information content (AvgIpc) is 2.45. The molecule has 0 saturated heterocycles. The van der Waals surface area contributed by atoms with Crippen LogP contribution < -0.4 is 10.6 Å². The quantitative estimate of drug-likeness (QED) is 0.561. The average molecular weight is 281 g/mol. The summed E-state index contributed by atoms with van der Waals surface area (Å²) < 4.78 is 0. The summed E-state index contributed by atoms with van der Waals surface area (Å²) in [7, 11) is 3.75. The number of likely N-dealkylation sites (N-methyl/N-ethyl adjacent to an activating group) is 1. The van der Waals surface area contributed by atoms with Crippen LogP contribution >= 0.6 is 0 Å². The highest BCUT2D eigenvalue weighted by Crippen LogP contribution is 2.20. The third kappa shape index (κ3) is 4.65. The number of hydrogen-bond acceptors (Lipinski definition) is 6. The van der Waals surface area contributed by atoms with Crippen molar-refractivity contribution in [3.05, 3.63) is 22.2 Å². The van der Waals surface area contributed by atoms with Gasteiger partial charge in [-0.2, -0.15) is 0 Å². The van der Waals surface area contributed by atoms with Crippen molar-refractivity contribution in [1.29, 1.82) is 0 Å². The number of aromatic nitrogens is 1. The maximum atomic E-state index is 10.8. The third-order valence-corrected chi connectivity index (χ3v) is 3.39. The van der Waals surface area contributed by atoms with E-state index in [1.165, 1.54) is 12.1 Å². The van der Waals surface area contributed by atoms with Crippen LogP contribution in [0.4, 0.5) is 17.3 Å². The van der Waals surface area contributed by atoms with Crippen LogP contribution in [0, 0.1) is 10.1 Å². The van der Waals surface area contributed by atoms with Gasteiger partial charge in [-0.25, -0.2) is 4.98 Å². The molecule has 0 amide bonds. The van der Waals surface area contributed by atoms with Gasteiger partial charge in [0.25, 0.3) is 5.69 Å². The number of nitrogens with one attached hydrogen (secondary N) is 2. The first kappa shape index (κ1) is 16.2. The predicted molar refractivity (Wildman–Crippen MR) is 81.3 cm³/mol. The monoisotopic (exact) mass is 281 g/mol. The molecule has 0 spiro atoms. The Labute approximate surface area is 119 Å². The number of pyridine rings is 1. The Morgan fingerprint density at radius 2 is 2.10 bits per heavy atom. The molecule has 1 unspecified atom stereocenters. The van der Waals surface area contributed by atoms with E-state index in [0.717, 1.165) is 13.0 Å². The lowest BCUT2D eigenvalue weighted by molar-refractivity contribution is -0.384. The highest BCUT2D eigenvalue weighted by molar-refractivity contribution is 5.54. The summed E-state index contributed by atoms with van der Waals surface area (Å²) in [4.78, 5) is 16.9. The molecule has 0 aliphatic heterocycles. The second-order valence-electron chi connectivity index (χ2n) is 4.77. The standard InChI is InChI=1S/C13H23N5O2/c1-5-10(2)17(4)7-6-15-13-9-11(18(19)20)8-12(14-3)16-13/h8-10H,5-7H2,1-4H3,(H2,14,15,16). The smallest absolute Gasteiger partial charge is 0.276 e. The maximum Gasteiger partial charge on any atom is 0.276 e. The van der Waals surface area contributed by atoms with E-state index in [1.807, 2.05) is 0 Å². The van der Waals surface area contributed by atoms with E-state index >= 15 is 0 Å². The van der Waals surface area contributed by atoms with Gasteiger partial charge in [0.05, 0.1) is 17.1 Å². The van der Waals surface area contributed by atoms with E-state index in [4.69, 9.17) is 0 Å². The molecule has 0 fully saturated rings. The Hall–Kier alpha value is -1.89. The van der Waals surface area contributed by atoms with Crippen LogP contribution in [0.15, 0.2) is 12.1 Å². The fourth-order valence-corrected chi connectivity index (χ4v) is 1.73. The number of anilines is 2. The first-order chi connectivity index (χ1) is 9.47. The molecule has 1 aromatic rings. The topological polar surface area (TPSA) is 83.3 Å². The van der Waals surface area contributed by atoms with Crippen LogP contribution in [0.3, 0.4) is 0 Å². The largest absolute Gasteiger partial charge is 0.373 e. The van der Waals surface area contributed by atoms with Gasteiger partial charge in [0, 0.05) is 26.2 Å². The van der Waals surface area contributed by atoms with Crippen LogP contribution in [0.5, 0.6) is 0 Å². The molecule has 1 rings (SSSR count). The number of nitro groups is 1. The molecule has 1 atom stereocenters. The van der Waals surface area contributed by atoms with Gasteiger partial charge in [0.1, 0.15) is 11.6 Å². The second-order valence-corrected chi connectivity index (χ2v) is 4.77. The summed E-state index contributed by atoms with van der Waals surface area (Å²) in [5, 5.41) is 16.8. The van der Waals surface area contributed by atoms with Crippen molar-refractivity contribution >= 4 is 17.3 Å². The fraction of sp³-hybridized carbons (Fsp3) is 0.615. The van der Waals surface area contributed by atoms with Crippen molar-refractivity contribution in [1.82, 2.24) is 9.88 Å². The SMILES string of the molecule is CCC(C)N(C)CCNc1cc([N+](=O)[O-])cc(NC)n1. The van der Waals surface area contributed by atoms with E-state index in [2.05, 4.69) is 41.4 Å². The molecule has 7 nitrogen and oxygen atoms in total. The molecule has 1 heterocycles. The maximum absolute atomic E-state index is 10.8. The highest BCUT2D eigenvalue weighted by Gasteiger charge is 2.11. The summed E-state index contributed by atoms with van der Waals surface area (Å²) in [6, 6.07) is 3.38. The van der Waals surface area contributed by atoms with Crippen molar-refractivity contribution in [2.45, 2.75) is 26.3 Å². The molecule has 0 aromatic carbocycles. The van der Waals surface area contributed by atoms with Crippen molar-refractivity contribution < 1.29 is 4.92 Å². The second kappa shape index (κ2) is 7.64. The highest BCUT2D eigenvalue weighted by atomic mass is 16.6. The van der Waals surface area contributed by atoms with E-state index < -0.39 is 4.92 Å². The van der Waals surface area contributed by atoms with Gasteiger partial charge in [-0.15, -0.1) is 0 Å². The Morgan fingerprint density at radius 3 is 2.65 bits per heavy atom. The molecule has 7 heteroatoms. The lowest BCUT2D eigenvalue weighted by Gasteiger charge is -2.23. The minimum Gasteiger partial charge on any atom is -0.373 e. The minimum absolute atomic E-state index is 0.0298. The first-order valence-electron chi connectivity index (χ1n) is 6.76. The normalized spacial score (nSPS) is 12.2. The van der Waals surface area contributed by atoms with Crippen molar-refractivity contribution in [2.24, 2.45) is 0 Å². The minimum atomic E-state index is -0.418. The molecule has 0 aliphatic rings. The lowest BCUT2D eigenvalue weighted by Crippen LogP contribution is -2.32. The van der Waals surface area contributed by atoms with Crippen LogP contribution in [-0.2, 0) is 0 Å². The molecule has 1 aromatic heterocycles. The first-order valence-corrected chi connectivity index (χ1v) is 6.76. The summed E-state index contributed by atoms with van der Waals surface area (Å²) in [5.41, 5.74) is 0.0298. The molecular formula is C13H23N5O2. The van der Waals surface area contributed by atoms with Gasteiger partial charge in [0.2, 0.25) is 0 Å². The summed E-state index contributed by atoms with van der Waals surface area (Å²) in [5.74, 6) is 0.998. The molecule has 0 radical (unpaired) electrons. The van der Waals surface area contributed by atoms with Gasteiger partial charge in [-0.1, -0.05) is 6.92 Å². The van der Waals surface area contributed by atoms with Crippen molar-refractivity contribution in [2.75, 3.05) is 37.8 Å². The lowest BCUT2D eigenvalue weighted by atomic mass is 10.2. The molecule has 0 bridgehead atoms. The summed E-state index contributed by atoms with van der Waals surface area (Å²) in [6.45, 7) is 5.87. The molecular weight excluding hydrogens is 258 g/mol. The number of nitrogens with zero attached hydrogens (tertiary/aromatic N) is 3. The zero-order chi connectivity index (χ0) is 15.1. The Balaban J connectivity index is 2.63. The third-order valence-electron chi connectivity index (χ3n) is 3.39. The Kier molecular flexibility index (Phi) is 6.17. The molecule has 20 heavy (non-hydrogen) atoms. The summed E-state index contributed by atoms with van der Waals surface area (Å²) in [6.07, 6.45) is 1.09. The van der Waals surface area contributed by atoms with Gasteiger partial charge >= 0.3 is 0 Å². The van der Waals surface area contributed by atoms with E-state index in [0.29, 0.717) is 24.2 Å². The Morgan fingerprint density at radius 1 is 1.45 bits per heavy atom. The van der Waals surface area contributed by atoms with Crippen molar-refractivity contribution in [3.63, 3.8) is 0 Å². The van der Waals surface area contributed by atoms with Gasteiger partial charge < -0.3 is 15.5 Å².